The van der Waals surface area contributed by atoms with Crippen molar-refractivity contribution in [2.45, 2.75) is 58.2 Å². The first kappa shape index (κ1) is 15.5. The van der Waals surface area contributed by atoms with Crippen LogP contribution in [0.5, 0.6) is 0 Å². The van der Waals surface area contributed by atoms with Gasteiger partial charge in [-0.3, -0.25) is 9.59 Å². The maximum atomic E-state index is 13.3. The van der Waals surface area contributed by atoms with Crippen LogP contribution in [0.15, 0.2) is 0 Å². The summed E-state index contributed by atoms with van der Waals surface area (Å²) in [6, 6.07) is 0. The highest BCUT2D eigenvalue weighted by molar-refractivity contribution is 9.10. The van der Waals surface area contributed by atoms with E-state index in [1.165, 1.54) is 0 Å². The van der Waals surface area contributed by atoms with Crippen LogP contribution in [0.2, 0.25) is 0 Å². The lowest BCUT2D eigenvalue weighted by molar-refractivity contribution is -0.148. The van der Waals surface area contributed by atoms with Crippen LogP contribution in [0.3, 0.4) is 0 Å². The van der Waals surface area contributed by atoms with Crippen molar-refractivity contribution in [2.75, 3.05) is 13.1 Å². The smallest absolute Gasteiger partial charge is 0.230 e. The minimum atomic E-state index is -0.542. The number of hydrogen-bond donors (Lipinski definition) is 0. The van der Waals surface area contributed by atoms with Gasteiger partial charge in [0.05, 0.1) is 10.2 Å². The van der Waals surface area contributed by atoms with Gasteiger partial charge in [-0.15, -0.1) is 0 Å². The minimum Gasteiger partial charge on any atom is -0.342 e. The molecule has 3 nitrogen and oxygen atoms in total. The molecular weight excluding hydrogens is 330 g/mol. The van der Waals surface area contributed by atoms with Crippen molar-refractivity contribution in [3.63, 3.8) is 0 Å². The lowest BCUT2D eigenvalue weighted by Gasteiger charge is -2.44. The third-order valence-corrected chi connectivity index (χ3v) is 8.37. The molecule has 0 N–H and O–H groups in total. The van der Waals surface area contributed by atoms with E-state index < -0.39 is 5.41 Å². The van der Waals surface area contributed by atoms with E-state index >= 15 is 0 Å². The fourth-order valence-electron chi connectivity index (χ4n) is 4.92. The molecule has 0 aromatic heterocycles. The molecule has 118 valence electrons. The molecule has 3 atom stereocenters. The Hall–Kier alpha value is -0.380. The van der Waals surface area contributed by atoms with Crippen molar-refractivity contribution in [1.82, 2.24) is 4.90 Å². The van der Waals surface area contributed by atoms with Crippen molar-refractivity contribution in [3.8, 4) is 0 Å². The predicted octanol–water partition coefficient (Wildman–Crippen LogP) is 3.40. The van der Waals surface area contributed by atoms with Crippen LogP contribution in [0.4, 0.5) is 0 Å². The lowest BCUT2D eigenvalue weighted by Crippen LogP contribution is -2.54. The molecule has 3 aliphatic rings. The summed E-state index contributed by atoms with van der Waals surface area (Å²) in [6.07, 6.45) is 3.85. The molecule has 0 unspecified atom stereocenters. The fraction of sp³-hybridized carbons (Fsp3) is 0.882. The Kier molecular flexibility index (Phi) is 3.37. The summed E-state index contributed by atoms with van der Waals surface area (Å²) in [7, 11) is 0. The first-order chi connectivity index (χ1) is 9.68. The fourth-order valence-corrected chi connectivity index (χ4v) is 6.42. The molecule has 1 amide bonds. The highest BCUT2D eigenvalue weighted by Crippen LogP contribution is 2.72. The average molecular weight is 356 g/mol. The number of piperidine rings is 1. The van der Waals surface area contributed by atoms with Crippen LogP contribution < -0.4 is 0 Å². The molecule has 1 aliphatic heterocycles. The van der Waals surface area contributed by atoms with Gasteiger partial charge < -0.3 is 4.90 Å². The molecule has 21 heavy (non-hydrogen) atoms. The molecule has 0 spiro atoms. The van der Waals surface area contributed by atoms with Crippen molar-refractivity contribution in [3.05, 3.63) is 0 Å². The summed E-state index contributed by atoms with van der Waals surface area (Å²) < 4.78 is 0. The number of carbonyl (C=O) groups is 2. The molecule has 0 aromatic rings. The van der Waals surface area contributed by atoms with Gasteiger partial charge in [-0.2, -0.15) is 0 Å². The normalized spacial score (nSPS) is 42.6. The van der Waals surface area contributed by atoms with Gasteiger partial charge in [0.15, 0.2) is 5.78 Å². The Morgan fingerprint density at radius 1 is 1.19 bits per heavy atom. The third-order valence-electron chi connectivity index (χ3n) is 7.17. The number of halogens is 1. The molecule has 3 rings (SSSR count). The summed E-state index contributed by atoms with van der Waals surface area (Å²) in [5.41, 5.74) is -1.18. The van der Waals surface area contributed by atoms with E-state index in [1.54, 1.807) is 0 Å². The summed E-state index contributed by atoms with van der Waals surface area (Å²) in [4.78, 5) is 27.8. The molecular formula is C17H26BrNO2. The Bertz CT molecular complexity index is 495. The molecule has 2 bridgehead atoms. The third kappa shape index (κ3) is 1.66. The molecule has 2 saturated carbocycles. The van der Waals surface area contributed by atoms with E-state index in [-0.39, 0.29) is 27.3 Å². The van der Waals surface area contributed by atoms with Gasteiger partial charge in [-0.05, 0) is 37.0 Å². The highest BCUT2D eigenvalue weighted by atomic mass is 79.9. The largest absolute Gasteiger partial charge is 0.342 e. The van der Waals surface area contributed by atoms with E-state index in [0.717, 1.165) is 38.8 Å². The topological polar surface area (TPSA) is 37.4 Å². The first-order valence-electron chi connectivity index (χ1n) is 8.16. The zero-order valence-electron chi connectivity index (χ0n) is 13.5. The van der Waals surface area contributed by atoms with Crippen molar-refractivity contribution in [2.24, 2.45) is 22.2 Å². The van der Waals surface area contributed by atoms with Crippen LogP contribution in [0, 0.1) is 22.2 Å². The molecule has 1 heterocycles. The zero-order valence-corrected chi connectivity index (χ0v) is 15.1. The Balaban J connectivity index is 1.96. The second-order valence-electron chi connectivity index (χ2n) is 8.13. The van der Waals surface area contributed by atoms with Gasteiger partial charge in [0.1, 0.15) is 0 Å². The quantitative estimate of drug-likeness (QED) is 0.676. The molecule has 1 saturated heterocycles. The monoisotopic (exact) mass is 355 g/mol. The first-order valence-corrected chi connectivity index (χ1v) is 9.08. The van der Waals surface area contributed by atoms with Gasteiger partial charge in [0, 0.05) is 18.5 Å². The summed E-state index contributed by atoms with van der Waals surface area (Å²) >= 11 is 3.61. The van der Waals surface area contributed by atoms with Gasteiger partial charge in [-0.1, -0.05) is 43.6 Å². The van der Waals surface area contributed by atoms with Crippen LogP contribution in [0.25, 0.3) is 0 Å². The Morgan fingerprint density at radius 2 is 1.76 bits per heavy atom. The van der Waals surface area contributed by atoms with Crippen molar-refractivity contribution >= 4 is 27.6 Å². The van der Waals surface area contributed by atoms with Crippen LogP contribution in [-0.2, 0) is 9.59 Å². The standard InChI is InChI=1S/C17H26BrNO2/c1-11-5-9-19(10-6-11)14(21)17-8-7-16(4,15(17,2)3)13(20)12(17)18/h11-12H,5-10H2,1-4H3/t12-,16+,17+/m1/s1. The molecule has 2 aliphatic carbocycles. The maximum Gasteiger partial charge on any atom is 0.230 e. The number of ketones is 1. The van der Waals surface area contributed by atoms with E-state index in [2.05, 4.69) is 43.6 Å². The summed E-state index contributed by atoms with van der Waals surface area (Å²) in [5.74, 6) is 1.16. The Labute approximate surface area is 136 Å². The average Bonchev–Trinajstić information content (AvgIpc) is 2.71. The molecule has 0 radical (unpaired) electrons. The van der Waals surface area contributed by atoms with E-state index in [1.807, 2.05) is 4.90 Å². The van der Waals surface area contributed by atoms with Crippen LogP contribution >= 0.6 is 15.9 Å². The molecule has 3 fully saturated rings. The van der Waals surface area contributed by atoms with Crippen molar-refractivity contribution < 1.29 is 9.59 Å². The predicted molar refractivity (Wildman–Crippen MR) is 86.3 cm³/mol. The Morgan fingerprint density at radius 3 is 2.24 bits per heavy atom. The summed E-state index contributed by atoms with van der Waals surface area (Å²) in [6.45, 7) is 10.3. The zero-order chi connectivity index (χ0) is 15.6. The SMILES string of the molecule is CC1CCN(C(=O)[C@]23CC[C@@](C)(C(=O)[C@H]2Br)C3(C)C)CC1. The highest BCUT2D eigenvalue weighted by Gasteiger charge is 2.77. The van der Waals surface area contributed by atoms with E-state index in [4.69, 9.17) is 0 Å². The number of carbonyl (C=O) groups excluding carboxylic acids is 2. The minimum absolute atomic E-state index is 0.218. The number of fused-ring (bicyclic) bond motifs is 2. The number of alkyl halides is 1. The maximum absolute atomic E-state index is 13.3. The van der Waals surface area contributed by atoms with Gasteiger partial charge in [0.2, 0.25) is 5.91 Å². The number of Topliss-reactive ketones (excluding diaryl/α,β-unsaturated/α-hetero) is 1. The van der Waals surface area contributed by atoms with Gasteiger partial charge in [0.25, 0.3) is 0 Å². The molecule has 0 aromatic carbocycles. The molecule has 4 heteroatoms. The number of likely N-dealkylation sites (tertiary alicyclic amines) is 1. The second kappa shape index (κ2) is 4.56. The number of rotatable bonds is 1. The van der Waals surface area contributed by atoms with Gasteiger partial charge in [-0.25, -0.2) is 0 Å². The van der Waals surface area contributed by atoms with Crippen LogP contribution in [-0.4, -0.2) is 34.5 Å². The van der Waals surface area contributed by atoms with Crippen molar-refractivity contribution in [1.29, 1.82) is 0 Å². The van der Waals surface area contributed by atoms with Crippen LogP contribution in [0.1, 0.15) is 53.4 Å². The number of nitrogens with zero attached hydrogens (tertiary/aromatic N) is 1. The summed E-state index contributed by atoms with van der Waals surface area (Å²) in [5, 5.41) is 0. The number of hydrogen-bond acceptors (Lipinski definition) is 2. The van der Waals surface area contributed by atoms with E-state index in [0.29, 0.717) is 5.92 Å². The van der Waals surface area contributed by atoms with E-state index in [9.17, 15) is 9.59 Å². The lowest BCUT2D eigenvalue weighted by atomic mass is 9.64. The van der Waals surface area contributed by atoms with Gasteiger partial charge >= 0.3 is 0 Å². The number of amides is 1. The second-order valence-corrected chi connectivity index (χ2v) is 9.05.